The lowest BCUT2D eigenvalue weighted by Crippen LogP contribution is -2.38. The van der Waals surface area contributed by atoms with Crippen LogP contribution in [0, 0.1) is 0 Å². The molecule has 112 valence electrons. The molecule has 2 rings (SSSR count). The van der Waals surface area contributed by atoms with Crippen molar-refractivity contribution >= 4 is 30.1 Å². The van der Waals surface area contributed by atoms with Crippen molar-refractivity contribution in [3.8, 4) is 0 Å². The topological polar surface area (TPSA) is 38.8 Å². The summed E-state index contributed by atoms with van der Waals surface area (Å²) in [6.45, 7) is 4.67. The lowest BCUT2D eigenvalue weighted by molar-refractivity contribution is -0.141. The summed E-state index contributed by atoms with van der Waals surface area (Å²) in [5.41, 5.74) is 0. The van der Waals surface area contributed by atoms with Crippen LogP contribution < -0.4 is 0 Å². The van der Waals surface area contributed by atoms with E-state index >= 15 is 0 Å². The number of ether oxygens (including phenoxy) is 2. The fourth-order valence-corrected chi connectivity index (χ4v) is 2.53. The highest BCUT2D eigenvalue weighted by atomic mass is 35.5. The molecule has 0 spiro atoms. The molecule has 1 aromatic rings. The summed E-state index contributed by atoms with van der Waals surface area (Å²) in [6.07, 6.45) is 0. The first-order chi connectivity index (χ1) is 9.34. The predicted molar refractivity (Wildman–Crippen MR) is 82.6 cm³/mol. The van der Waals surface area contributed by atoms with E-state index in [2.05, 4.69) is 4.90 Å². The molecule has 0 N–H and O–H groups in total. The first-order valence-electron chi connectivity index (χ1n) is 6.48. The lowest BCUT2D eigenvalue weighted by Gasteiger charge is -2.26. The number of hydrogen-bond donors (Lipinski definition) is 0. The number of esters is 1. The van der Waals surface area contributed by atoms with Gasteiger partial charge in [-0.05, 0) is 12.1 Å². The Labute approximate surface area is 130 Å². The van der Waals surface area contributed by atoms with E-state index in [0.717, 1.165) is 37.7 Å². The monoisotopic (exact) mass is 317 g/mol. The molecule has 4 nitrogen and oxygen atoms in total. The van der Waals surface area contributed by atoms with Crippen molar-refractivity contribution in [3.63, 3.8) is 0 Å². The van der Waals surface area contributed by atoms with Gasteiger partial charge in [0.25, 0.3) is 0 Å². The molecule has 0 unspecified atom stereocenters. The summed E-state index contributed by atoms with van der Waals surface area (Å²) in [4.78, 5) is 14.9. The van der Waals surface area contributed by atoms with Crippen LogP contribution in [0.25, 0.3) is 0 Å². The van der Waals surface area contributed by atoms with Crippen molar-refractivity contribution in [2.24, 2.45) is 0 Å². The second kappa shape index (κ2) is 10.0. The molecule has 0 aliphatic carbocycles. The number of rotatable bonds is 6. The lowest BCUT2D eigenvalue weighted by atomic mass is 10.4. The normalized spacial score (nSPS) is 15.4. The van der Waals surface area contributed by atoms with Gasteiger partial charge in [-0.25, -0.2) is 0 Å². The third-order valence-electron chi connectivity index (χ3n) is 2.87. The maximum atomic E-state index is 11.6. The largest absolute Gasteiger partial charge is 0.464 e. The van der Waals surface area contributed by atoms with E-state index in [1.165, 1.54) is 11.8 Å². The van der Waals surface area contributed by atoms with Crippen LogP contribution in [0.15, 0.2) is 35.2 Å². The third-order valence-corrected chi connectivity index (χ3v) is 3.86. The SMILES string of the molecule is Cl.O=C(CSc1ccccc1)OCCN1CCOCC1. The first-order valence-corrected chi connectivity index (χ1v) is 7.47. The Balaban J connectivity index is 0.00000200. The number of hydrogen-bond acceptors (Lipinski definition) is 5. The van der Waals surface area contributed by atoms with Crippen molar-refractivity contribution in [3.05, 3.63) is 30.3 Å². The molecule has 1 aliphatic heterocycles. The van der Waals surface area contributed by atoms with Crippen LogP contribution in [0.2, 0.25) is 0 Å². The molecule has 0 aromatic heterocycles. The molecule has 20 heavy (non-hydrogen) atoms. The van der Waals surface area contributed by atoms with Crippen molar-refractivity contribution in [2.75, 3.05) is 45.2 Å². The highest BCUT2D eigenvalue weighted by molar-refractivity contribution is 8.00. The summed E-state index contributed by atoms with van der Waals surface area (Å²) in [5, 5.41) is 0. The summed E-state index contributed by atoms with van der Waals surface area (Å²) in [7, 11) is 0. The van der Waals surface area contributed by atoms with E-state index in [-0.39, 0.29) is 18.4 Å². The van der Waals surface area contributed by atoms with Crippen LogP contribution in [0.3, 0.4) is 0 Å². The zero-order valence-corrected chi connectivity index (χ0v) is 13.0. The highest BCUT2D eigenvalue weighted by Gasteiger charge is 2.11. The van der Waals surface area contributed by atoms with Crippen LogP contribution in [0.1, 0.15) is 0 Å². The molecule has 1 aliphatic rings. The van der Waals surface area contributed by atoms with Crippen molar-refractivity contribution in [1.29, 1.82) is 0 Å². The molecule has 0 saturated carbocycles. The van der Waals surface area contributed by atoms with Crippen molar-refractivity contribution in [1.82, 2.24) is 4.90 Å². The molecule has 0 amide bonds. The second-order valence-corrected chi connectivity index (χ2v) is 5.32. The number of nitrogens with zero attached hydrogens (tertiary/aromatic N) is 1. The maximum absolute atomic E-state index is 11.6. The third kappa shape index (κ3) is 6.61. The molecule has 6 heteroatoms. The summed E-state index contributed by atoms with van der Waals surface area (Å²) >= 11 is 1.51. The van der Waals surface area contributed by atoms with Gasteiger partial charge in [0.05, 0.1) is 19.0 Å². The number of carbonyl (C=O) groups excluding carboxylic acids is 1. The van der Waals surface area contributed by atoms with E-state index in [4.69, 9.17) is 9.47 Å². The molecule has 1 fully saturated rings. The zero-order chi connectivity index (χ0) is 13.3. The Bertz CT molecular complexity index is 385. The van der Waals surface area contributed by atoms with Gasteiger partial charge in [-0.1, -0.05) is 18.2 Å². The number of morpholine rings is 1. The van der Waals surface area contributed by atoms with Gasteiger partial charge in [0, 0.05) is 24.5 Å². The first kappa shape index (κ1) is 17.3. The van der Waals surface area contributed by atoms with Gasteiger partial charge in [0.2, 0.25) is 0 Å². The van der Waals surface area contributed by atoms with E-state index in [1.54, 1.807) is 0 Å². The standard InChI is InChI=1S/C14H19NO3S.ClH/c16-14(12-19-13-4-2-1-3-5-13)18-11-8-15-6-9-17-10-7-15;/h1-5H,6-12H2;1H. The van der Waals surface area contributed by atoms with Gasteiger partial charge >= 0.3 is 5.97 Å². The van der Waals surface area contributed by atoms with Crippen LogP contribution in [-0.4, -0.2) is 56.1 Å². The molecular formula is C14H20ClNO3S. The summed E-state index contributed by atoms with van der Waals surface area (Å²) in [5.74, 6) is 0.217. The number of thioether (sulfide) groups is 1. The molecular weight excluding hydrogens is 298 g/mol. The van der Waals surface area contributed by atoms with Crippen LogP contribution in [-0.2, 0) is 14.3 Å². The minimum absolute atomic E-state index is 0. The fourth-order valence-electron chi connectivity index (χ4n) is 1.81. The molecule has 1 heterocycles. The smallest absolute Gasteiger partial charge is 0.316 e. The number of carbonyl (C=O) groups is 1. The quantitative estimate of drug-likeness (QED) is 0.593. The van der Waals surface area contributed by atoms with Crippen LogP contribution in [0.5, 0.6) is 0 Å². The Hall–Kier alpha value is -0.750. The Kier molecular flexibility index (Phi) is 8.69. The van der Waals surface area contributed by atoms with Gasteiger partial charge < -0.3 is 9.47 Å². The fraction of sp³-hybridized carbons (Fsp3) is 0.500. The second-order valence-electron chi connectivity index (χ2n) is 4.28. The number of halogens is 1. The van der Waals surface area contributed by atoms with Gasteiger partial charge in [-0.3, -0.25) is 9.69 Å². The van der Waals surface area contributed by atoms with E-state index in [0.29, 0.717) is 12.4 Å². The molecule has 1 saturated heterocycles. The average molecular weight is 318 g/mol. The van der Waals surface area contributed by atoms with E-state index < -0.39 is 0 Å². The Morgan fingerprint density at radius 3 is 2.65 bits per heavy atom. The summed E-state index contributed by atoms with van der Waals surface area (Å²) < 4.78 is 10.5. The van der Waals surface area contributed by atoms with Crippen LogP contribution >= 0.6 is 24.2 Å². The number of benzene rings is 1. The van der Waals surface area contributed by atoms with Crippen molar-refractivity contribution in [2.45, 2.75) is 4.90 Å². The maximum Gasteiger partial charge on any atom is 0.316 e. The van der Waals surface area contributed by atoms with Gasteiger partial charge in [0.1, 0.15) is 6.61 Å². The highest BCUT2D eigenvalue weighted by Crippen LogP contribution is 2.16. The average Bonchev–Trinajstić information content (AvgIpc) is 2.47. The van der Waals surface area contributed by atoms with E-state index in [9.17, 15) is 4.79 Å². The van der Waals surface area contributed by atoms with Crippen LogP contribution in [0.4, 0.5) is 0 Å². The zero-order valence-electron chi connectivity index (χ0n) is 11.3. The molecule has 0 atom stereocenters. The van der Waals surface area contributed by atoms with Gasteiger partial charge in [-0.15, -0.1) is 24.2 Å². The molecule has 1 aromatic carbocycles. The Morgan fingerprint density at radius 2 is 1.95 bits per heavy atom. The minimum atomic E-state index is -0.151. The summed E-state index contributed by atoms with van der Waals surface area (Å²) in [6, 6.07) is 9.88. The van der Waals surface area contributed by atoms with Gasteiger partial charge in [-0.2, -0.15) is 0 Å². The predicted octanol–water partition coefficient (Wildman–Crippen LogP) is 2.08. The minimum Gasteiger partial charge on any atom is -0.464 e. The van der Waals surface area contributed by atoms with Crippen molar-refractivity contribution < 1.29 is 14.3 Å². The Morgan fingerprint density at radius 1 is 1.25 bits per heavy atom. The molecule has 0 radical (unpaired) electrons. The van der Waals surface area contributed by atoms with E-state index in [1.807, 2.05) is 30.3 Å². The molecule has 0 bridgehead atoms. The van der Waals surface area contributed by atoms with Gasteiger partial charge in [0.15, 0.2) is 0 Å².